The van der Waals surface area contributed by atoms with Gasteiger partial charge in [-0.25, -0.2) is 0 Å². The second kappa shape index (κ2) is 9.94. The quantitative estimate of drug-likeness (QED) is 0.399. The Morgan fingerprint density at radius 3 is 1.88 bits per heavy atom. The van der Waals surface area contributed by atoms with Gasteiger partial charge in [0.2, 0.25) is 3.79 Å². The molecule has 6 nitrogen and oxygen atoms in total. The number of rotatable bonds is 8. The first-order valence-electron chi connectivity index (χ1n) is 7.55. The summed E-state index contributed by atoms with van der Waals surface area (Å²) in [5.74, 6) is -2.49. The fraction of sp³-hybridized carbons (Fsp3) is 0.500. The van der Waals surface area contributed by atoms with Gasteiger partial charge in [-0.15, -0.1) is 0 Å². The van der Waals surface area contributed by atoms with Crippen LogP contribution in [0.5, 0.6) is 5.75 Å². The lowest BCUT2D eigenvalue weighted by atomic mass is 10.0. The first-order valence-corrected chi connectivity index (χ1v) is 8.68. The van der Waals surface area contributed by atoms with Crippen molar-refractivity contribution in [1.29, 1.82) is 0 Å². The van der Waals surface area contributed by atoms with E-state index in [1.807, 2.05) is 0 Å². The van der Waals surface area contributed by atoms with Crippen LogP contribution < -0.4 is 10.1 Å². The van der Waals surface area contributed by atoms with Gasteiger partial charge in [0, 0.05) is 5.69 Å². The van der Waals surface area contributed by atoms with Crippen LogP contribution in [0.4, 0.5) is 5.69 Å². The van der Waals surface area contributed by atoms with Crippen LogP contribution in [0.15, 0.2) is 24.3 Å². The maximum Gasteiger partial charge on any atom is 0.322 e. The lowest BCUT2D eigenvalue weighted by Crippen LogP contribution is -2.49. The van der Waals surface area contributed by atoms with Crippen molar-refractivity contribution >= 4 is 52.4 Å². The lowest BCUT2D eigenvalue weighted by Gasteiger charge is -2.31. The Bertz CT molecular complexity index is 556. The molecular weight excluding hydrogens is 393 g/mol. The fourth-order valence-electron chi connectivity index (χ4n) is 2.05. The molecule has 1 atom stereocenters. The van der Waals surface area contributed by atoms with E-state index in [-0.39, 0.29) is 13.2 Å². The largest absolute Gasteiger partial charge is 0.497 e. The zero-order chi connectivity index (χ0) is 19.0. The second-order valence-electron chi connectivity index (χ2n) is 4.87. The van der Waals surface area contributed by atoms with Gasteiger partial charge in [-0.05, 0) is 38.1 Å². The molecule has 1 unspecified atom stereocenters. The van der Waals surface area contributed by atoms with Crippen LogP contribution in [0.2, 0.25) is 0 Å². The number of carbonyl (C=O) groups is 2. The maximum atomic E-state index is 12.3. The molecule has 0 amide bonds. The van der Waals surface area contributed by atoms with Crippen LogP contribution in [-0.2, 0) is 19.1 Å². The summed E-state index contributed by atoms with van der Waals surface area (Å²) >= 11 is 18.1. The van der Waals surface area contributed by atoms with E-state index in [1.54, 1.807) is 38.1 Å². The standard InChI is InChI=1S/C16H20Cl3NO5/c1-4-24-14(21)12(15(22)25-5-2)13(16(17,18)19)20-10-6-8-11(23-3)9-7-10/h6-9,12-13,20H,4-5H2,1-3H3. The number of carbonyl (C=O) groups excluding carboxylic acids is 2. The summed E-state index contributed by atoms with van der Waals surface area (Å²) in [7, 11) is 1.53. The molecular formula is C16H20Cl3NO5. The predicted molar refractivity (Wildman–Crippen MR) is 97.5 cm³/mol. The number of benzene rings is 1. The average Bonchev–Trinajstić information content (AvgIpc) is 2.54. The molecule has 0 heterocycles. The van der Waals surface area contributed by atoms with E-state index < -0.39 is 27.7 Å². The molecule has 0 radical (unpaired) electrons. The molecule has 0 bridgehead atoms. The summed E-state index contributed by atoms with van der Waals surface area (Å²) in [5, 5.41) is 2.90. The minimum absolute atomic E-state index is 0.0733. The van der Waals surface area contributed by atoms with E-state index in [9.17, 15) is 9.59 Å². The van der Waals surface area contributed by atoms with Crippen LogP contribution in [0.1, 0.15) is 13.8 Å². The third kappa shape index (κ3) is 6.45. The fourth-order valence-corrected chi connectivity index (χ4v) is 2.60. The number of halogens is 3. The van der Waals surface area contributed by atoms with Crippen molar-refractivity contribution in [2.75, 3.05) is 25.6 Å². The van der Waals surface area contributed by atoms with Crippen molar-refractivity contribution in [2.45, 2.75) is 23.7 Å². The highest BCUT2D eigenvalue weighted by Crippen LogP contribution is 2.37. The summed E-state index contributed by atoms with van der Waals surface area (Å²) in [6.45, 7) is 3.37. The first-order chi connectivity index (χ1) is 11.7. The average molecular weight is 413 g/mol. The summed E-state index contributed by atoms with van der Waals surface area (Å²) in [6.07, 6.45) is 0. The summed E-state index contributed by atoms with van der Waals surface area (Å²) < 4.78 is 13.0. The van der Waals surface area contributed by atoms with Crippen molar-refractivity contribution in [3.05, 3.63) is 24.3 Å². The van der Waals surface area contributed by atoms with Gasteiger partial charge < -0.3 is 19.5 Å². The number of methoxy groups -OCH3 is 1. The van der Waals surface area contributed by atoms with E-state index in [2.05, 4.69) is 5.32 Å². The lowest BCUT2D eigenvalue weighted by molar-refractivity contribution is -0.162. The van der Waals surface area contributed by atoms with Crippen molar-refractivity contribution in [1.82, 2.24) is 0 Å². The van der Waals surface area contributed by atoms with Gasteiger partial charge in [0.15, 0.2) is 5.92 Å². The third-order valence-electron chi connectivity index (χ3n) is 3.18. The smallest absolute Gasteiger partial charge is 0.322 e. The van der Waals surface area contributed by atoms with Gasteiger partial charge in [0.05, 0.1) is 26.4 Å². The zero-order valence-electron chi connectivity index (χ0n) is 14.1. The number of ether oxygens (including phenoxy) is 3. The topological polar surface area (TPSA) is 73.9 Å². The molecule has 0 saturated carbocycles. The van der Waals surface area contributed by atoms with Crippen molar-refractivity contribution in [2.24, 2.45) is 5.92 Å². The molecule has 1 aromatic rings. The molecule has 1 N–H and O–H groups in total. The number of hydrogen-bond donors (Lipinski definition) is 1. The maximum absolute atomic E-state index is 12.3. The van der Waals surface area contributed by atoms with Crippen LogP contribution in [0.3, 0.4) is 0 Å². The molecule has 25 heavy (non-hydrogen) atoms. The SMILES string of the molecule is CCOC(=O)C(C(=O)OCC)C(Nc1ccc(OC)cc1)C(Cl)(Cl)Cl. The highest BCUT2D eigenvalue weighted by atomic mass is 35.6. The molecule has 0 aliphatic carbocycles. The molecule has 0 spiro atoms. The van der Waals surface area contributed by atoms with Crippen LogP contribution >= 0.6 is 34.8 Å². The highest BCUT2D eigenvalue weighted by molar-refractivity contribution is 6.68. The van der Waals surface area contributed by atoms with Crippen molar-refractivity contribution < 1.29 is 23.8 Å². The van der Waals surface area contributed by atoms with E-state index in [4.69, 9.17) is 49.0 Å². The van der Waals surface area contributed by atoms with E-state index in [1.165, 1.54) is 7.11 Å². The number of anilines is 1. The molecule has 0 fully saturated rings. The molecule has 0 aliphatic heterocycles. The predicted octanol–water partition coefficient (Wildman–Crippen LogP) is 3.59. The van der Waals surface area contributed by atoms with Gasteiger partial charge >= 0.3 is 11.9 Å². The molecule has 0 saturated heterocycles. The monoisotopic (exact) mass is 411 g/mol. The second-order valence-corrected chi connectivity index (χ2v) is 7.24. The van der Waals surface area contributed by atoms with Gasteiger partial charge in [0.25, 0.3) is 0 Å². The molecule has 1 rings (SSSR count). The minimum atomic E-state index is -1.98. The Balaban J connectivity index is 3.17. The van der Waals surface area contributed by atoms with Crippen molar-refractivity contribution in [3.63, 3.8) is 0 Å². The van der Waals surface area contributed by atoms with Crippen LogP contribution in [0.25, 0.3) is 0 Å². The molecule has 0 aliphatic rings. The Kier molecular flexibility index (Phi) is 8.62. The number of nitrogens with one attached hydrogen (secondary N) is 1. The Morgan fingerprint density at radius 1 is 1.04 bits per heavy atom. The van der Waals surface area contributed by atoms with Gasteiger partial charge in [-0.1, -0.05) is 34.8 Å². The molecule has 140 valence electrons. The number of alkyl halides is 3. The molecule has 1 aromatic carbocycles. The summed E-state index contributed by atoms with van der Waals surface area (Å²) in [4.78, 5) is 24.6. The normalized spacial score (nSPS) is 12.4. The van der Waals surface area contributed by atoms with Gasteiger partial charge in [0.1, 0.15) is 5.75 Å². The van der Waals surface area contributed by atoms with E-state index >= 15 is 0 Å². The Hall–Kier alpha value is -1.37. The zero-order valence-corrected chi connectivity index (χ0v) is 16.3. The van der Waals surface area contributed by atoms with Crippen LogP contribution in [-0.4, -0.2) is 42.1 Å². The number of esters is 2. The molecule has 0 aromatic heterocycles. The highest BCUT2D eigenvalue weighted by Gasteiger charge is 2.48. The van der Waals surface area contributed by atoms with Crippen LogP contribution in [0, 0.1) is 5.92 Å². The third-order valence-corrected chi connectivity index (χ3v) is 3.88. The van der Waals surface area contributed by atoms with Crippen molar-refractivity contribution in [3.8, 4) is 5.75 Å². The Morgan fingerprint density at radius 2 is 1.52 bits per heavy atom. The molecule has 9 heteroatoms. The van der Waals surface area contributed by atoms with Gasteiger partial charge in [-0.3, -0.25) is 9.59 Å². The minimum Gasteiger partial charge on any atom is -0.497 e. The van der Waals surface area contributed by atoms with E-state index in [0.717, 1.165) is 0 Å². The number of hydrogen-bond acceptors (Lipinski definition) is 6. The first kappa shape index (κ1) is 21.7. The van der Waals surface area contributed by atoms with E-state index in [0.29, 0.717) is 11.4 Å². The summed E-state index contributed by atoms with van der Waals surface area (Å²) in [5.41, 5.74) is 0.524. The summed E-state index contributed by atoms with van der Waals surface area (Å²) in [6, 6.07) is 5.48. The van der Waals surface area contributed by atoms with Gasteiger partial charge in [-0.2, -0.15) is 0 Å². The Labute approximate surface area is 161 Å².